The van der Waals surface area contributed by atoms with Crippen LogP contribution in [-0.4, -0.2) is 28.0 Å². The number of aromatic nitrogens is 2. The molecule has 0 amide bonds. The SMILES string of the molecule is OC1CNc2cn[nH]c2C1. The van der Waals surface area contributed by atoms with Crippen LogP contribution in [0.25, 0.3) is 0 Å². The van der Waals surface area contributed by atoms with Gasteiger partial charge < -0.3 is 10.4 Å². The van der Waals surface area contributed by atoms with E-state index in [-0.39, 0.29) is 6.10 Å². The highest BCUT2D eigenvalue weighted by Gasteiger charge is 2.16. The van der Waals surface area contributed by atoms with Gasteiger partial charge >= 0.3 is 0 Å². The first-order valence-corrected chi connectivity index (χ1v) is 3.30. The van der Waals surface area contributed by atoms with Crippen LogP contribution >= 0.6 is 0 Å². The third kappa shape index (κ3) is 0.769. The second-order valence-corrected chi connectivity index (χ2v) is 2.50. The first-order valence-electron chi connectivity index (χ1n) is 3.30. The predicted molar refractivity (Wildman–Crippen MR) is 36.8 cm³/mol. The van der Waals surface area contributed by atoms with Gasteiger partial charge in [-0.3, -0.25) is 5.10 Å². The number of H-pyrrole nitrogens is 1. The van der Waals surface area contributed by atoms with E-state index in [1.807, 2.05) is 0 Å². The highest BCUT2D eigenvalue weighted by molar-refractivity contribution is 5.48. The Hall–Kier alpha value is -1.03. The van der Waals surface area contributed by atoms with Crippen molar-refractivity contribution in [3.8, 4) is 0 Å². The van der Waals surface area contributed by atoms with Gasteiger partial charge in [-0.15, -0.1) is 0 Å². The van der Waals surface area contributed by atoms with Gasteiger partial charge in [-0.25, -0.2) is 0 Å². The van der Waals surface area contributed by atoms with Crippen molar-refractivity contribution >= 4 is 5.69 Å². The molecule has 4 heteroatoms. The fourth-order valence-corrected chi connectivity index (χ4v) is 1.16. The average molecular weight is 139 g/mol. The minimum atomic E-state index is -0.270. The fraction of sp³-hybridized carbons (Fsp3) is 0.500. The first-order chi connectivity index (χ1) is 4.86. The normalized spacial score (nSPS) is 23.5. The van der Waals surface area contributed by atoms with E-state index < -0.39 is 0 Å². The van der Waals surface area contributed by atoms with Crippen molar-refractivity contribution in [1.82, 2.24) is 10.2 Å². The smallest absolute Gasteiger partial charge is 0.0768 e. The zero-order valence-corrected chi connectivity index (χ0v) is 5.46. The van der Waals surface area contributed by atoms with Crippen molar-refractivity contribution < 1.29 is 5.11 Å². The third-order valence-corrected chi connectivity index (χ3v) is 1.69. The van der Waals surface area contributed by atoms with Crippen molar-refractivity contribution in [2.45, 2.75) is 12.5 Å². The van der Waals surface area contributed by atoms with Crippen molar-refractivity contribution in [2.75, 3.05) is 11.9 Å². The fourth-order valence-electron chi connectivity index (χ4n) is 1.16. The van der Waals surface area contributed by atoms with Gasteiger partial charge in [0, 0.05) is 13.0 Å². The van der Waals surface area contributed by atoms with E-state index in [9.17, 15) is 0 Å². The standard InChI is InChI=1S/C6H9N3O/c10-4-1-5-6(7-2-4)3-8-9-5/h3-4,7,10H,1-2H2,(H,8,9). The molecule has 0 bridgehead atoms. The molecule has 0 aliphatic carbocycles. The van der Waals surface area contributed by atoms with E-state index in [2.05, 4.69) is 15.5 Å². The van der Waals surface area contributed by atoms with Gasteiger partial charge in [0.2, 0.25) is 0 Å². The summed E-state index contributed by atoms with van der Waals surface area (Å²) in [6.45, 7) is 0.631. The summed E-state index contributed by atoms with van der Waals surface area (Å²) < 4.78 is 0. The van der Waals surface area contributed by atoms with Crippen LogP contribution in [0.15, 0.2) is 6.20 Å². The van der Waals surface area contributed by atoms with Crippen molar-refractivity contribution in [3.63, 3.8) is 0 Å². The van der Waals surface area contributed by atoms with E-state index >= 15 is 0 Å². The lowest BCUT2D eigenvalue weighted by Crippen LogP contribution is -2.26. The monoisotopic (exact) mass is 139 g/mol. The largest absolute Gasteiger partial charge is 0.391 e. The molecule has 1 aliphatic rings. The topological polar surface area (TPSA) is 60.9 Å². The highest BCUT2D eigenvalue weighted by Crippen LogP contribution is 2.17. The molecule has 3 N–H and O–H groups in total. The molecule has 1 atom stereocenters. The minimum Gasteiger partial charge on any atom is -0.391 e. The Morgan fingerprint density at radius 1 is 1.70 bits per heavy atom. The van der Waals surface area contributed by atoms with Gasteiger partial charge in [-0.1, -0.05) is 0 Å². The molecule has 4 nitrogen and oxygen atoms in total. The summed E-state index contributed by atoms with van der Waals surface area (Å²) in [6, 6.07) is 0. The molecule has 0 radical (unpaired) electrons. The van der Waals surface area contributed by atoms with Gasteiger partial charge in [0.25, 0.3) is 0 Å². The third-order valence-electron chi connectivity index (χ3n) is 1.69. The molecule has 0 aromatic carbocycles. The van der Waals surface area contributed by atoms with Crippen LogP contribution in [-0.2, 0) is 6.42 Å². The molecule has 1 unspecified atom stereocenters. The molecule has 0 saturated heterocycles. The molecule has 2 rings (SSSR count). The zero-order chi connectivity index (χ0) is 6.97. The molecule has 54 valence electrons. The maximum Gasteiger partial charge on any atom is 0.0768 e. The van der Waals surface area contributed by atoms with Crippen molar-refractivity contribution in [1.29, 1.82) is 0 Å². The highest BCUT2D eigenvalue weighted by atomic mass is 16.3. The van der Waals surface area contributed by atoms with Crippen LogP contribution in [0.4, 0.5) is 5.69 Å². The molecular weight excluding hydrogens is 130 g/mol. The van der Waals surface area contributed by atoms with Crippen LogP contribution in [0.3, 0.4) is 0 Å². The Bertz CT molecular complexity index is 233. The molecule has 1 aromatic heterocycles. The Balaban J connectivity index is 2.30. The Morgan fingerprint density at radius 2 is 2.60 bits per heavy atom. The van der Waals surface area contributed by atoms with Gasteiger partial charge in [0.05, 0.1) is 23.7 Å². The van der Waals surface area contributed by atoms with Crippen LogP contribution in [0.1, 0.15) is 5.69 Å². The van der Waals surface area contributed by atoms with E-state index in [0.717, 1.165) is 11.4 Å². The molecular formula is C6H9N3O. The van der Waals surface area contributed by atoms with Crippen LogP contribution < -0.4 is 5.32 Å². The van der Waals surface area contributed by atoms with Gasteiger partial charge in [0.1, 0.15) is 0 Å². The predicted octanol–water partition coefficient (Wildman–Crippen LogP) is -0.261. The lowest BCUT2D eigenvalue weighted by atomic mass is 10.1. The summed E-state index contributed by atoms with van der Waals surface area (Å²) in [6.07, 6.45) is 2.15. The number of aliphatic hydroxyl groups is 1. The first kappa shape index (κ1) is 5.73. The molecule has 0 fully saturated rings. The number of fused-ring (bicyclic) bond motifs is 1. The van der Waals surface area contributed by atoms with E-state index in [1.165, 1.54) is 0 Å². The average Bonchev–Trinajstić information content (AvgIpc) is 2.33. The van der Waals surface area contributed by atoms with Crippen LogP contribution in [0, 0.1) is 0 Å². The van der Waals surface area contributed by atoms with Crippen molar-refractivity contribution in [3.05, 3.63) is 11.9 Å². The lowest BCUT2D eigenvalue weighted by molar-refractivity contribution is 0.183. The van der Waals surface area contributed by atoms with Crippen molar-refractivity contribution in [2.24, 2.45) is 0 Å². The number of rotatable bonds is 0. The summed E-state index contributed by atoms with van der Waals surface area (Å²) in [5.74, 6) is 0. The van der Waals surface area contributed by atoms with E-state index in [0.29, 0.717) is 13.0 Å². The Labute approximate surface area is 58.3 Å². The van der Waals surface area contributed by atoms with Gasteiger partial charge in [0.15, 0.2) is 0 Å². The maximum atomic E-state index is 9.16. The zero-order valence-electron chi connectivity index (χ0n) is 5.46. The Morgan fingerprint density at radius 3 is 3.50 bits per heavy atom. The quantitative estimate of drug-likeness (QED) is 0.464. The number of hydrogen-bond donors (Lipinski definition) is 3. The molecule has 10 heavy (non-hydrogen) atoms. The summed E-state index contributed by atoms with van der Waals surface area (Å²) in [5, 5.41) is 18.9. The van der Waals surface area contributed by atoms with Crippen LogP contribution in [0.2, 0.25) is 0 Å². The second kappa shape index (κ2) is 1.98. The minimum absolute atomic E-state index is 0.270. The summed E-state index contributed by atoms with van der Waals surface area (Å²) in [5.41, 5.74) is 2.02. The van der Waals surface area contributed by atoms with E-state index in [4.69, 9.17) is 5.11 Å². The number of aliphatic hydroxyl groups excluding tert-OH is 1. The molecule has 1 aliphatic heterocycles. The maximum absolute atomic E-state index is 9.16. The molecule has 1 aromatic rings. The number of β-amino-alcohol motifs (C(OH)–C–C–N with tert-alkyl or cyclic N) is 1. The number of nitrogens with zero attached hydrogens (tertiary/aromatic N) is 1. The molecule has 0 spiro atoms. The molecule has 0 saturated carbocycles. The van der Waals surface area contributed by atoms with Gasteiger partial charge in [-0.05, 0) is 0 Å². The summed E-state index contributed by atoms with van der Waals surface area (Å²) in [7, 11) is 0. The number of nitrogens with one attached hydrogen (secondary N) is 2. The second-order valence-electron chi connectivity index (χ2n) is 2.50. The number of aromatic amines is 1. The number of anilines is 1. The van der Waals surface area contributed by atoms with Crippen LogP contribution in [0.5, 0.6) is 0 Å². The van der Waals surface area contributed by atoms with Gasteiger partial charge in [-0.2, -0.15) is 5.10 Å². The summed E-state index contributed by atoms with van der Waals surface area (Å²) >= 11 is 0. The Kier molecular flexibility index (Phi) is 1.14. The summed E-state index contributed by atoms with van der Waals surface area (Å²) in [4.78, 5) is 0. The molecule has 2 heterocycles. The van der Waals surface area contributed by atoms with E-state index in [1.54, 1.807) is 6.20 Å². The lowest BCUT2D eigenvalue weighted by Gasteiger charge is -2.17. The number of hydrogen-bond acceptors (Lipinski definition) is 3.